The molecule has 63 valence electrons. The van der Waals surface area contributed by atoms with Crippen LogP contribution in [0.2, 0.25) is 0 Å². The molecule has 0 aliphatic carbocycles. The Morgan fingerprint density at radius 1 is 1.45 bits per heavy atom. The predicted octanol–water partition coefficient (Wildman–Crippen LogP) is -1.20. The first-order valence-corrected chi connectivity index (χ1v) is 2.61. The number of carbonyl (C=O) groups is 2. The second kappa shape index (κ2) is 3.31. The van der Waals surface area contributed by atoms with Gasteiger partial charge in [-0.05, 0) is 0 Å². The third-order valence-corrected chi connectivity index (χ3v) is 0.817. The molecule has 0 saturated carbocycles. The average molecular weight is 163 g/mol. The lowest BCUT2D eigenvalue weighted by Gasteiger charge is -2.17. The molecule has 0 bridgehead atoms. The molecule has 0 aliphatic rings. The molecule has 0 saturated heterocycles. The molecule has 1 unspecified atom stereocenters. The van der Waals surface area contributed by atoms with Gasteiger partial charge in [0.1, 0.15) is 0 Å². The van der Waals surface area contributed by atoms with E-state index in [1.807, 2.05) is 0 Å². The number of ether oxygens (including phenoxy) is 2. The van der Waals surface area contributed by atoms with Gasteiger partial charge < -0.3 is 14.6 Å². The fourth-order valence-electron chi connectivity index (χ4n) is 0.361. The van der Waals surface area contributed by atoms with Crippen LogP contribution < -0.4 is 0 Å². The van der Waals surface area contributed by atoms with Crippen molar-refractivity contribution in [2.24, 2.45) is 0 Å². The van der Waals surface area contributed by atoms with Crippen LogP contribution in [0.4, 0.5) is 0 Å². The Hall–Kier alpha value is -1.14. The van der Waals surface area contributed by atoms with E-state index in [4.69, 9.17) is 5.11 Å². The third-order valence-electron chi connectivity index (χ3n) is 0.817. The third kappa shape index (κ3) is 2.52. The van der Waals surface area contributed by atoms with Gasteiger partial charge in [0.05, 0.1) is 0 Å². The van der Waals surface area contributed by atoms with Gasteiger partial charge in [0, 0.05) is 14.0 Å². The van der Waals surface area contributed by atoms with E-state index in [1.165, 1.54) is 0 Å². The predicted molar refractivity (Wildman–Crippen MR) is 29.4 cm³/mol. The van der Waals surface area contributed by atoms with E-state index in [9.17, 15) is 14.7 Å². The fraction of sp³-hybridized carbons (Fsp3) is 0.600. The summed E-state index contributed by atoms with van der Waals surface area (Å²) in [6.07, 6.45) is 0. The van der Waals surface area contributed by atoms with Gasteiger partial charge in [0.25, 0.3) is 0 Å². The van der Waals surface area contributed by atoms with Crippen LogP contribution in [0.3, 0.4) is 0 Å². The van der Waals surface area contributed by atoms with Gasteiger partial charge in [-0.3, -0.25) is 4.79 Å². The number of hydrogen-bond acceptors (Lipinski definition) is 5. The summed E-state index contributed by atoms with van der Waals surface area (Å²) in [5.74, 6) is -6.00. The summed E-state index contributed by atoms with van der Waals surface area (Å²) in [7, 11) is 0.860. The quantitative estimate of drug-likeness (QED) is 0.416. The highest BCUT2D eigenvalue weighted by atomic mass is 16.8. The van der Waals surface area contributed by atoms with Crippen molar-refractivity contribution in [1.29, 1.82) is 0 Å². The maximum Gasteiger partial charge on any atom is 0.457 e. The average Bonchev–Trinajstić information content (AvgIpc) is 1.86. The maximum atomic E-state index is 10.2. The van der Waals surface area contributed by atoms with E-state index < -0.39 is 17.9 Å². The molecule has 0 aromatic heterocycles. The molecule has 0 amide bonds. The Bertz CT molecular complexity index is 176. The minimum atomic E-state index is -2.98. The monoisotopic (exact) mass is 163 g/mol. The Morgan fingerprint density at radius 3 is 2.00 bits per heavy atom. The van der Waals surface area contributed by atoms with Crippen LogP contribution in [0.15, 0.2) is 0 Å². The van der Waals surface area contributed by atoms with Crippen molar-refractivity contribution in [3.8, 4) is 0 Å². The summed E-state index contributed by atoms with van der Waals surface area (Å²) in [5, 5.41) is 18.8. The molecular weight excluding hydrogens is 156 g/mol. The van der Waals surface area contributed by atoms with Crippen molar-refractivity contribution in [3.05, 3.63) is 0 Å². The molecule has 0 fully saturated rings. The van der Waals surface area contributed by atoms with Crippen molar-refractivity contribution < 1.29 is 29.3 Å². The van der Waals surface area contributed by atoms with Crippen LogP contribution in [0.1, 0.15) is 6.92 Å². The lowest BCUT2D eigenvalue weighted by atomic mass is 10.5. The number of aliphatic hydroxyl groups is 1. The molecule has 0 aliphatic heterocycles. The standard InChI is InChI=1S/C5H7O6/c1-3(6)11-5(9,10-2)4(7)8/h9H,1-2H3. The number of esters is 1. The van der Waals surface area contributed by atoms with Gasteiger partial charge in [-0.25, -0.2) is 9.90 Å². The van der Waals surface area contributed by atoms with Gasteiger partial charge >= 0.3 is 17.9 Å². The Labute approximate surface area is 62.3 Å². The molecule has 0 spiro atoms. The Morgan fingerprint density at radius 2 is 1.91 bits per heavy atom. The second-order valence-electron chi connectivity index (χ2n) is 1.67. The zero-order valence-corrected chi connectivity index (χ0v) is 5.99. The normalized spacial score (nSPS) is 15.2. The summed E-state index contributed by atoms with van der Waals surface area (Å²) in [6, 6.07) is 0. The smallest absolute Gasteiger partial charge is 0.399 e. The Balaban J connectivity index is 4.34. The van der Waals surface area contributed by atoms with Crippen molar-refractivity contribution in [3.63, 3.8) is 0 Å². The van der Waals surface area contributed by atoms with E-state index in [0.29, 0.717) is 0 Å². The van der Waals surface area contributed by atoms with Crippen LogP contribution in [0, 0.1) is 0 Å². The molecule has 1 N–H and O–H groups in total. The molecular formula is C5H7O6. The van der Waals surface area contributed by atoms with E-state index in [1.54, 1.807) is 0 Å². The molecule has 11 heavy (non-hydrogen) atoms. The van der Waals surface area contributed by atoms with Crippen LogP contribution >= 0.6 is 0 Å². The SMILES string of the molecule is COC(O)(OC(C)=O)C([O])=O. The molecule has 0 aromatic rings. The summed E-state index contributed by atoms with van der Waals surface area (Å²) in [4.78, 5) is 20.2. The minimum absolute atomic E-state index is 0.860. The van der Waals surface area contributed by atoms with E-state index in [2.05, 4.69) is 9.47 Å². The molecule has 1 atom stereocenters. The van der Waals surface area contributed by atoms with Gasteiger partial charge in [-0.2, -0.15) is 0 Å². The number of hydrogen-bond donors (Lipinski definition) is 1. The zero-order chi connectivity index (χ0) is 9.07. The fourth-order valence-corrected chi connectivity index (χ4v) is 0.361. The van der Waals surface area contributed by atoms with E-state index in [-0.39, 0.29) is 0 Å². The molecule has 0 rings (SSSR count). The van der Waals surface area contributed by atoms with Gasteiger partial charge in [0.2, 0.25) is 0 Å². The van der Waals surface area contributed by atoms with Crippen molar-refractivity contribution in [2.75, 3.05) is 7.11 Å². The van der Waals surface area contributed by atoms with Crippen LogP contribution in [0.5, 0.6) is 0 Å². The summed E-state index contributed by atoms with van der Waals surface area (Å²) < 4.78 is 7.84. The zero-order valence-electron chi connectivity index (χ0n) is 5.99. The van der Waals surface area contributed by atoms with Gasteiger partial charge in [0.15, 0.2) is 0 Å². The summed E-state index contributed by atoms with van der Waals surface area (Å²) >= 11 is 0. The summed E-state index contributed by atoms with van der Waals surface area (Å²) in [5.41, 5.74) is 0. The first-order chi connectivity index (χ1) is 4.92. The number of rotatable bonds is 3. The number of carbonyl (C=O) groups excluding carboxylic acids is 2. The minimum Gasteiger partial charge on any atom is -0.399 e. The molecule has 6 nitrogen and oxygen atoms in total. The summed E-state index contributed by atoms with van der Waals surface area (Å²) in [6.45, 7) is 0.924. The van der Waals surface area contributed by atoms with Crippen molar-refractivity contribution in [2.45, 2.75) is 12.9 Å². The first kappa shape index (κ1) is 9.86. The van der Waals surface area contributed by atoms with Crippen LogP contribution in [0.25, 0.3) is 0 Å². The Kier molecular flexibility index (Phi) is 2.97. The molecule has 1 radical (unpaired) electrons. The lowest BCUT2D eigenvalue weighted by Crippen LogP contribution is -2.43. The largest absolute Gasteiger partial charge is 0.457 e. The topological polar surface area (TPSA) is 92.7 Å². The maximum absolute atomic E-state index is 10.2. The van der Waals surface area contributed by atoms with Crippen molar-refractivity contribution in [1.82, 2.24) is 0 Å². The second-order valence-corrected chi connectivity index (χ2v) is 1.67. The van der Waals surface area contributed by atoms with Crippen molar-refractivity contribution >= 4 is 11.9 Å². The van der Waals surface area contributed by atoms with Crippen LogP contribution in [-0.2, 0) is 24.2 Å². The van der Waals surface area contributed by atoms with Crippen LogP contribution in [-0.4, -0.2) is 30.1 Å². The molecule has 0 heterocycles. The van der Waals surface area contributed by atoms with E-state index in [0.717, 1.165) is 14.0 Å². The molecule has 0 aromatic carbocycles. The highest BCUT2D eigenvalue weighted by Gasteiger charge is 2.42. The van der Waals surface area contributed by atoms with Gasteiger partial charge in [-0.1, -0.05) is 0 Å². The lowest BCUT2D eigenvalue weighted by molar-refractivity contribution is -0.321. The highest BCUT2D eigenvalue weighted by molar-refractivity contribution is 5.77. The first-order valence-electron chi connectivity index (χ1n) is 2.61. The molecule has 6 heteroatoms. The highest BCUT2D eigenvalue weighted by Crippen LogP contribution is 2.07. The number of methoxy groups -OCH3 is 1. The van der Waals surface area contributed by atoms with E-state index >= 15 is 0 Å². The van der Waals surface area contributed by atoms with Gasteiger partial charge in [-0.15, -0.1) is 0 Å².